The van der Waals surface area contributed by atoms with Crippen LogP contribution in [0.1, 0.15) is 15.9 Å². The third-order valence-corrected chi connectivity index (χ3v) is 5.38. The van der Waals surface area contributed by atoms with Crippen LogP contribution < -0.4 is 4.90 Å². The molecule has 1 aliphatic rings. The van der Waals surface area contributed by atoms with Crippen LogP contribution in [0.15, 0.2) is 53.7 Å². The molecular formula is C19H11N3O4S2. The summed E-state index contributed by atoms with van der Waals surface area (Å²) in [7, 11) is 0. The number of benzene rings is 2. The van der Waals surface area contributed by atoms with E-state index in [-0.39, 0.29) is 27.2 Å². The van der Waals surface area contributed by atoms with Gasteiger partial charge in [-0.2, -0.15) is 0 Å². The summed E-state index contributed by atoms with van der Waals surface area (Å²) >= 11 is 6.43. The predicted octanol–water partition coefficient (Wildman–Crippen LogP) is 3.44. The van der Waals surface area contributed by atoms with E-state index in [1.165, 1.54) is 23.1 Å². The van der Waals surface area contributed by atoms with E-state index in [1.807, 2.05) is 18.2 Å². The number of carboxylic acids is 1. The van der Waals surface area contributed by atoms with Gasteiger partial charge in [0.2, 0.25) is 0 Å². The minimum Gasteiger partial charge on any atom is -0.507 e. The number of aromatic nitrogens is 2. The number of para-hydroxylation sites is 1. The fraction of sp³-hybridized carbons (Fsp3) is 0. The maximum Gasteiger partial charge on any atom is 0.339 e. The molecule has 138 valence electrons. The summed E-state index contributed by atoms with van der Waals surface area (Å²) in [5, 5.41) is 18.9. The van der Waals surface area contributed by atoms with Crippen molar-refractivity contribution in [3.8, 4) is 5.75 Å². The summed E-state index contributed by atoms with van der Waals surface area (Å²) in [6.45, 7) is 0. The molecule has 2 heterocycles. The van der Waals surface area contributed by atoms with Gasteiger partial charge in [0.1, 0.15) is 11.3 Å². The third-order valence-electron chi connectivity index (χ3n) is 4.08. The Morgan fingerprint density at radius 2 is 1.96 bits per heavy atom. The van der Waals surface area contributed by atoms with Crippen molar-refractivity contribution in [3.63, 3.8) is 0 Å². The van der Waals surface area contributed by atoms with Crippen molar-refractivity contribution in [2.75, 3.05) is 4.90 Å². The summed E-state index contributed by atoms with van der Waals surface area (Å²) in [5.41, 5.74) is 2.06. The maximum atomic E-state index is 12.9. The molecule has 1 saturated heterocycles. The number of carbonyl (C=O) groups is 2. The van der Waals surface area contributed by atoms with E-state index in [0.717, 1.165) is 17.3 Å². The lowest BCUT2D eigenvalue weighted by Crippen LogP contribution is -2.27. The quantitative estimate of drug-likeness (QED) is 0.501. The number of rotatable bonds is 3. The van der Waals surface area contributed by atoms with Gasteiger partial charge in [-0.25, -0.2) is 4.79 Å². The molecule has 0 saturated carbocycles. The molecule has 28 heavy (non-hydrogen) atoms. The van der Waals surface area contributed by atoms with Crippen molar-refractivity contribution in [1.29, 1.82) is 0 Å². The zero-order valence-electron chi connectivity index (χ0n) is 14.1. The number of phenols is 1. The lowest BCUT2D eigenvalue weighted by molar-refractivity contribution is -0.113. The van der Waals surface area contributed by atoms with Gasteiger partial charge in [-0.3, -0.25) is 19.7 Å². The first-order valence-corrected chi connectivity index (χ1v) is 9.22. The first-order chi connectivity index (χ1) is 13.5. The number of aromatic hydroxyl groups is 1. The molecular weight excluding hydrogens is 398 g/mol. The summed E-state index contributed by atoms with van der Waals surface area (Å²) in [6, 6.07) is 9.36. The largest absolute Gasteiger partial charge is 0.507 e. The lowest BCUT2D eigenvalue weighted by atomic mass is 10.1. The Morgan fingerprint density at radius 3 is 2.75 bits per heavy atom. The van der Waals surface area contributed by atoms with E-state index in [4.69, 9.17) is 12.2 Å². The Morgan fingerprint density at radius 1 is 1.18 bits per heavy atom. The van der Waals surface area contributed by atoms with Gasteiger partial charge < -0.3 is 10.2 Å². The molecule has 1 aliphatic heterocycles. The highest BCUT2D eigenvalue weighted by atomic mass is 32.2. The highest BCUT2D eigenvalue weighted by molar-refractivity contribution is 8.27. The molecule has 7 nitrogen and oxygen atoms in total. The smallest absolute Gasteiger partial charge is 0.339 e. The van der Waals surface area contributed by atoms with Gasteiger partial charge in [0.15, 0.2) is 4.32 Å². The van der Waals surface area contributed by atoms with Crippen LogP contribution in [-0.4, -0.2) is 36.4 Å². The van der Waals surface area contributed by atoms with Crippen molar-refractivity contribution in [3.05, 3.63) is 64.8 Å². The number of thiocarbonyl (C=S) groups is 1. The number of amides is 1. The lowest BCUT2D eigenvalue weighted by Gasteiger charge is -2.15. The van der Waals surface area contributed by atoms with Gasteiger partial charge in [-0.1, -0.05) is 36.1 Å². The van der Waals surface area contributed by atoms with E-state index in [9.17, 15) is 19.8 Å². The van der Waals surface area contributed by atoms with Gasteiger partial charge in [0, 0.05) is 18.0 Å². The van der Waals surface area contributed by atoms with Crippen LogP contribution in [0.3, 0.4) is 0 Å². The Balaban J connectivity index is 1.74. The summed E-state index contributed by atoms with van der Waals surface area (Å²) in [5.74, 6) is -2.06. The molecule has 1 fully saturated rings. The zero-order chi connectivity index (χ0) is 19.8. The van der Waals surface area contributed by atoms with E-state index in [0.29, 0.717) is 15.9 Å². The average molecular weight is 409 g/mol. The predicted molar refractivity (Wildman–Crippen MR) is 110 cm³/mol. The second-order valence-electron chi connectivity index (χ2n) is 5.80. The van der Waals surface area contributed by atoms with Crippen molar-refractivity contribution in [1.82, 2.24) is 9.97 Å². The number of fused-ring (bicyclic) bond motifs is 1. The number of carbonyl (C=O) groups excluding carboxylic acids is 1. The maximum absolute atomic E-state index is 12.9. The van der Waals surface area contributed by atoms with Crippen LogP contribution in [0.5, 0.6) is 5.75 Å². The molecule has 0 bridgehead atoms. The summed E-state index contributed by atoms with van der Waals surface area (Å²) < 4.78 is 0.268. The Labute approximate surface area is 168 Å². The second kappa shape index (κ2) is 7.02. The van der Waals surface area contributed by atoms with Crippen LogP contribution in [-0.2, 0) is 4.79 Å². The molecule has 2 aromatic carbocycles. The Kier molecular flexibility index (Phi) is 4.54. The second-order valence-corrected chi connectivity index (χ2v) is 7.47. The van der Waals surface area contributed by atoms with E-state index in [1.54, 1.807) is 18.5 Å². The molecule has 0 unspecified atom stereocenters. The minimum atomic E-state index is -1.30. The number of hydrogen-bond acceptors (Lipinski definition) is 7. The average Bonchev–Trinajstić information content (AvgIpc) is 2.96. The molecule has 4 rings (SSSR count). The first kappa shape index (κ1) is 18.1. The third kappa shape index (κ3) is 3.10. The Hall–Kier alpha value is -3.30. The molecule has 9 heteroatoms. The number of thioether (sulfide) groups is 1. The molecule has 0 aliphatic carbocycles. The van der Waals surface area contributed by atoms with Crippen molar-refractivity contribution in [2.24, 2.45) is 0 Å². The van der Waals surface area contributed by atoms with Crippen molar-refractivity contribution < 1.29 is 19.8 Å². The summed E-state index contributed by atoms with van der Waals surface area (Å²) in [6.07, 6.45) is 4.86. The molecule has 2 N–H and O–H groups in total. The molecule has 3 aromatic rings. The van der Waals surface area contributed by atoms with E-state index >= 15 is 0 Å². The van der Waals surface area contributed by atoms with Gasteiger partial charge in [0.05, 0.1) is 21.6 Å². The topological polar surface area (TPSA) is 104 Å². The van der Waals surface area contributed by atoms with Crippen LogP contribution >= 0.6 is 24.0 Å². The SMILES string of the molecule is O=C(O)c1cc(N2C(=O)/C(=C/c3cccc4nccnc34)SC2=S)ccc1O. The van der Waals surface area contributed by atoms with Crippen molar-refractivity contribution >= 4 is 63.0 Å². The van der Waals surface area contributed by atoms with Gasteiger partial charge in [-0.15, -0.1) is 0 Å². The minimum absolute atomic E-state index is 0.268. The number of nitrogens with zero attached hydrogens (tertiary/aromatic N) is 3. The number of carboxylic acid groups (broad SMARTS) is 1. The van der Waals surface area contributed by atoms with Crippen LogP contribution in [0, 0.1) is 0 Å². The monoisotopic (exact) mass is 409 g/mol. The van der Waals surface area contributed by atoms with E-state index in [2.05, 4.69) is 9.97 Å². The highest BCUT2D eigenvalue weighted by Gasteiger charge is 2.34. The normalized spacial score (nSPS) is 15.6. The summed E-state index contributed by atoms with van der Waals surface area (Å²) in [4.78, 5) is 34.4. The molecule has 1 amide bonds. The van der Waals surface area contributed by atoms with Crippen LogP contribution in [0.25, 0.3) is 17.1 Å². The molecule has 1 aromatic heterocycles. The van der Waals surface area contributed by atoms with Gasteiger partial charge in [0.25, 0.3) is 5.91 Å². The number of aromatic carboxylic acids is 1. The Bertz CT molecular complexity index is 1190. The number of hydrogen-bond donors (Lipinski definition) is 2. The molecule has 0 radical (unpaired) electrons. The van der Waals surface area contributed by atoms with Crippen LogP contribution in [0.2, 0.25) is 0 Å². The fourth-order valence-corrected chi connectivity index (χ4v) is 4.09. The number of anilines is 1. The van der Waals surface area contributed by atoms with E-state index < -0.39 is 5.97 Å². The van der Waals surface area contributed by atoms with Gasteiger partial charge >= 0.3 is 5.97 Å². The highest BCUT2D eigenvalue weighted by Crippen LogP contribution is 2.37. The standard InChI is InChI=1S/C19H11N3O4S2/c23-14-5-4-11(9-12(14)18(25)26)22-17(24)15(28-19(22)27)8-10-2-1-3-13-16(10)21-7-6-20-13/h1-9,23H,(H,25,26)/b15-8-. The zero-order valence-corrected chi connectivity index (χ0v) is 15.7. The fourth-order valence-electron chi connectivity index (χ4n) is 2.80. The van der Waals surface area contributed by atoms with Gasteiger partial charge in [-0.05, 0) is 30.3 Å². The molecule has 0 spiro atoms. The molecule has 0 atom stereocenters. The first-order valence-electron chi connectivity index (χ1n) is 8.00. The van der Waals surface area contributed by atoms with Crippen molar-refractivity contribution in [2.45, 2.75) is 0 Å². The van der Waals surface area contributed by atoms with Crippen LogP contribution in [0.4, 0.5) is 5.69 Å².